The number of nitrogens with two attached hydrogens (primary N) is 1. The van der Waals surface area contributed by atoms with E-state index in [-0.39, 0.29) is 5.91 Å². The van der Waals surface area contributed by atoms with E-state index in [2.05, 4.69) is 50.4 Å². The molecule has 0 spiro atoms. The fourth-order valence-electron chi connectivity index (χ4n) is 1.79. The molecule has 0 aliphatic rings. The Morgan fingerprint density at radius 2 is 1.95 bits per heavy atom. The molecular weight excluding hydrogens is 268 g/mol. The number of amides is 1. The Balaban J connectivity index is 2.65. The molecule has 0 saturated heterocycles. The lowest BCUT2D eigenvalue weighted by molar-refractivity contribution is -0.122. The van der Waals surface area contributed by atoms with Gasteiger partial charge in [-0.25, -0.2) is 0 Å². The molecule has 1 atom stereocenters. The van der Waals surface area contributed by atoms with E-state index in [1.54, 1.807) is 11.8 Å². The number of nitrogens with one attached hydrogen (secondary N) is 1. The minimum atomic E-state index is -0.655. The Labute approximate surface area is 126 Å². The van der Waals surface area contributed by atoms with Crippen molar-refractivity contribution in [1.82, 2.24) is 5.32 Å². The first-order valence-corrected chi connectivity index (χ1v) is 8.15. The number of carbonyl (C=O) groups is 1. The summed E-state index contributed by atoms with van der Waals surface area (Å²) in [5.74, 6) is 0.886. The van der Waals surface area contributed by atoms with E-state index in [4.69, 9.17) is 5.73 Å². The van der Waals surface area contributed by atoms with Gasteiger partial charge in [-0.15, -0.1) is 11.8 Å². The van der Waals surface area contributed by atoms with Crippen molar-refractivity contribution in [3.05, 3.63) is 29.8 Å². The molecule has 0 bridgehead atoms. The van der Waals surface area contributed by atoms with Gasteiger partial charge in [0.15, 0.2) is 0 Å². The number of hydrogen-bond acceptors (Lipinski definition) is 3. The summed E-state index contributed by atoms with van der Waals surface area (Å²) in [4.78, 5) is 12.8. The zero-order valence-corrected chi connectivity index (χ0v) is 13.7. The van der Waals surface area contributed by atoms with Gasteiger partial charge < -0.3 is 11.1 Å². The second kappa shape index (κ2) is 7.70. The van der Waals surface area contributed by atoms with E-state index >= 15 is 0 Å². The summed E-state index contributed by atoms with van der Waals surface area (Å²) < 4.78 is 0. The SMILES string of the molecule is CCCNC(C)(CSc1ccc(C(C)C)cc1)C(N)=O. The average Bonchev–Trinajstić information content (AvgIpc) is 2.43. The van der Waals surface area contributed by atoms with Gasteiger partial charge in [-0.2, -0.15) is 0 Å². The fourth-order valence-corrected chi connectivity index (χ4v) is 2.81. The molecule has 0 saturated carbocycles. The van der Waals surface area contributed by atoms with Crippen LogP contribution in [0.4, 0.5) is 0 Å². The largest absolute Gasteiger partial charge is 0.368 e. The third-order valence-corrected chi connectivity index (χ3v) is 4.71. The number of hydrogen-bond donors (Lipinski definition) is 2. The first-order chi connectivity index (χ1) is 9.39. The number of primary amides is 1. The van der Waals surface area contributed by atoms with Gasteiger partial charge in [-0.1, -0.05) is 32.9 Å². The quantitative estimate of drug-likeness (QED) is 0.724. The normalized spacial score (nSPS) is 14.2. The fraction of sp³-hybridized carbons (Fsp3) is 0.562. The molecule has 0 heterocycles. The summed E-state index contributed by atoms with van der Waals surface area (Å²) in [7, 11) is 0. The predicted molar refractivity (Wildman–Crippen MR) is 87.1 cm³/mol. The summed E-state index contributed by atoms with van der Waals surface area (Å²) in [6.07, 6.45) is 0.983. The Hall–Kier alpha value is -1.00. The maximum atomic E-state index is 11.6. The molecule has 3 N–H and O–H groups in total. The van der Waals surface area contributed by atoms with Crippen LogP contribution in [-0.2, 0) is 4.79 Å². The Kier molecular flexibility index (Phi) is 6.56. The van der Waals surface area contributed by atoms with Crippen molar-refractivity contribution < 1.29 is 4.79 Å². The molecule has 4 heteroatoms. The predicted octanol–water partition coefficient (Wildman–Crippen LogP) is 3.15. The van der Waals surface area contributed by atoms with Gasteiger partial charge in [0.25, 0.3) is 0 Å². The van der Waals surface area contributed by atoms with Crippen molar-refractivity contribution in [2.45, 2.75) is 50.5 Å². The van der Waals surface area contributed by atoms with Crippen LogP contribution < -0.4 is 11.1 Å². The Morgan fingerprint density at radius 1 is 1.35 bits per heavy atom. The smallest absolute Gasteiger partial charge is 0.238 e. The van der Waals surface area contributed by atoms with Crippen LogP contribution in [0.1, 0.15) is 45.6 Å². The maximum absolute atomic E-state index is 11.6. The van der Waals surface area contributed by atoms with Gasteiger partial charge in [0.1, 0.15) is 5.54 Å². The standard InChI is InChI=1S/C16H26N2OS/c1-5-10-18-16(4,15(17)19)11-20-14-8-6-13(7-9-14)12(2)3/h6-9,12,18H,5,10-11H2,1-4H3,(H2,17,19). The molecule has 0 aliphatic carbocycles. The first kappa shape index (κ1) is 17.1. The summed E-state index contributed by atoms with van der Waals surface area (Å²) in [5, 5.41) is 3.25. The van der Waals surface area contributed by atoms with E-state index < -0.39 is 5.54 Å². The highest BCUT2D eigenvalue weighted by Crippen LogP contribution is 2.25. The highest BCUT2D eigenvalue weighted by Gasteiger charge is 2.30. The summed E-state index contributed by atoms with van der Waals surface area (Å²) in [6, 6.07) is 8.52. The summed E-state index contributed by atoms with van der Waals surface area (Å²) in [6.45, 7) is 9.11. The van der Waals surface area contributed by atoms with Crippen LogP contribution in [-0.4, -0.2) is 23.7 Å². The minimum absolute atomic E-state index is 0.294. The van der Waals surface area contributed by atoms with E-state index in [9.17, 15) is 4.79 Å². The van der Waals surface area contributed by atoms with E-state index in [0.29, 0.717) is 11.7 Å². The van der Waals surface area contributed by atoms with Crippen molar-refractivity contribution in [1.29, 1.82) is 0 Å². The van der Waals surface area contributed by atoms with Crippen molar-refractivity contribution in [2.24, 2.45) is 5.73 Å². The third-order valence-electron chi connectivity index (χ3n) is 3.38. The molecule has 3 nitrogen and oxygen atoms in total. The van der Waals surface area contributed by atoms with Crippen LogP contribution in [0.15, 0.2) is 29.2 Å². The van der Waals surface area contributed by atoms with Crippen molar-refractivity contribution in [3.63, 3.8) is 0 Å². The maximum Gasteiger partial charge on any atom is 0.238 e. The summed E-state index contributed by atoms with van der Waals surface area (Å²) in [5.41, 5.74) is 6.20. The topological polar surface area (TPSA) is 55.1 Å². The van der Waals surface area contributed by atoms with Gasteiger partial charge in [0, 0.05) is 10.6 Å². The van der Waals surface area contributed by atoms with E-state index in [1.165, 1.54) is 10.5 Å². The monoisotopic (exact) mass is 294 g/mol. The lowest BCUT2D eigenvalue weighted by Crippen LogP contribution is -2.55. The molecule has 1 unspecified atom stereocenters. The third kappa shape index (κ3) is 4.84. The van der Waals surface area contributed by atoms with Crippen molar-refractivity contribution in [2.75, 3.05) is 12.3 Å². The highest BCUT2D eigenvalue weighted by molar-refractivity contribution is 7.99. The number of thioether (sulfide) groups is 1. The van der Waals surface area contributed by atoms with Crippen molar-refractivity contribution >= 4 is 17.7 Å². The van der Waals surface area contributed by atoms with Gasteiger partial charge in [0.2, 0.25) is 5.91 Å². The Bertz CT molecular complexity index is 431. The lowest BCUT2D eigenvalue weighted by atomic mass is 10.0. The molecule has 1 aromatic rings. The molecule has 112 valence electrons. The van der Waals surface area contributed by atoms with Gasteiger partial charge in [-0.05, 0) is 43.5 Å². The van der Waals surface area contributed by atoms with E-state index in [0.717, 1.165) is 13.0 Å². The van der Waals surface area contributed by atoms with E-state index in [1.807, 2.05) is 6.92 Å². The minimum Gasteiger partial charge on any atom is -0.368 e. The molecule has 0 fully saturated rings. The molecule has 0 aromatic heterocycles. The van der Waals surface area contributed by atoms with Crippen LogP contribution >= 0.6 is 11.8 Å². The second-order valence-electron chi connectivity index (χ2n) is 5.64. The van der Waals surface area contributed by atoms with Gasteiger partial charge >= 0.3 is 0 Å². The molecule has 1 amide bonds. The first-order valence-electron chi connectivity index (χ1n) is 7.16. The number of rotatable bonds is 8. The van der Waals surface area contributed by atoms with Gasteiger partial charge in [0.05, 0.1) is 0 Å². The average molecular weight is 294 g/mol. The zero-order valence-electron chi connectivity index (χ0n) is 12.9. The summed E-state index contributed by atoms with van der Waals surface area (Å²) >= 11 is 1.66. The van der Waals surface area contributed by atoms with Crippen molar-refractivity contribution in [3.8, 4) is 0 Å². The number of benzene rings is 1. The number of carbonyl (C=O) groups excluding carboxylic acids is 1. The van der Waals surface area contributed by atoms with Crippen LogP contribution in [0.2, 0.25) is 0 Å². The Morgan fingerprint density at radius 3 is 2.40 bits per heavy atom. The molecule has 0 radical (unpaired) electrons. The molecule has 1 rings (SSSR count). The lowest BCUT2D eigenvalue weighted by Gasteiger charge is -2.27. The van der Waals surface area contributed by atoms with Gasteiger partial charge in [-0.3, -0.25) is 4.79 Å². The molecular formula is C16H26N2OS. The van der Waals surface area contributed by atoms with Crippen LogP contribution in [0, 0.1) is 0 Å². The van der Waals surface area contributed by atoms with Crippen LogP contribution in [0.25, 0.3) is 0 Å². The van der Waals surface area contributed by atoms with Crippen LogP contribution in [0.5, 0.6) is 0 Å². The molecule has 1 aromatic carbocycles. The van der Waals surface area contributed by atoms with Crippen LogP contribution in [0.3, 0.4) is 0 Å². The molecule has 20 heavy (non-hydrogen) atoms. The highest BCUT2D eigenvalue weighted by atomic mass is 32.2. The molecule has 0 aliphatic heterocycles. The zero-order chi connectivity index (χ0) is 15.2. The second-order valence-corrected chi connectivity index (χ2v) is 6.68.